The number of anilines is 2. The van der Waals surface area contributed by atoms with Crippen LogP contribution in [-0.4, -0.2) is 67.9 Å². The van der Waals surface area contributed by atoms with Crippen molar-refractivity contribution < 1.29 is 14.6 Å². The van der Waals surface area contributed by atoms with Gasteiger partial charge >= 0.3 is 0 Å². The Labute approximate surface area is 209 Å². The van der Waals surface area contributed by atoms with Gasteiger partial charge in [0.15, 0.2) is 0 Å². The van der Waals surface area contributed by atoms with Crippen molar-refractivity contribution in [1.29, 1.82) is 0 Å². The molecule has 3 atom stereocenters. The summed E-state index contributed by atoms with van der Waals surface area (Å²) in [5.74, 6) is 0.204. The Morgan fingerprint density at radius 2 is 1.66 bits per heavy atom. The van der Waals surface area contributed by atoms with E-state index < -0.39 is 5.60 Å². The van der Waals surface area contributed by atoms with Gasteiger partial charge in [-0.25, -0.2) is 0 Å². The molecule has 6 nitrogen and oxygen atoms in total. The van der Waals surface area contributed by atoms with Crippen LogP contribution in [0.25, 0.3) is 0 Å². The number of nitrogens with zero attached hydrogens (tertiary/aromatic N) is 3. The van der Waals surface area contributed by atoms with Crippen LogP contribution in [0.15, 0.2) is 48.5 Å². The van der Waals surface area contributed by atoms with Crippen LogP contribution in [0.5, 0.6) is 0 Å². The second kappa shape index (κ2) is 9.92. The quantitative estimate of drug-likeness (QED) is 0.710. The molecule has 2 aromatic carbocycles. The molecule has 6 heteroatoms. The second-order valence-electron chi connectivity index (χ2n) is 10.8. The fraction of sp³-hybridized carbons (Fsp3) is 0.552. The van der Waals surface area contributed by atoms with Crippen molar-refractivity contribution in [3.63, 3.8) is 0 Å². The van der Waals surface area contributed by atoms with Crippen molar-refractivity contribution in [2.75, 3.05) is 49.7 Å². The number of piperazine rings is 1. The summed E-state index contributed by atoms with van der Waals surface area (Å²) in [4.78, 5) is 20.3. The molecule has 5 rings (SSSR count). The summed E-state index contributed by atoms with van der Waals surface area (Å²) in [6.07, 6.45) is 2.87. The lowest BCUT2D eigenvalue weighted by atomic mass is 9.86. The minimum atomic E-state index is -0.823. The number of hydrogen-bond donors (Lipinski definition) is 1. The van der Waals surface area contributed by atoms with E-state index in [0.717, 1.165) is 43.7 Å². The maximum absolute atomic E-state index is 13.4. The standard InChI is InChI=1S/C29H39N3O3/c1-21-19-31(20-22(2)30(21)3)27-7-5-4-6-23(27)18-24-12-15-32(28(24)33)26-10-8-25(9-11-26)29(34)13-16-35-17-14-29/h4-11,21-22,24,34H,12-20H2,1-3H3/t21-,22+,24?. The van der Waals surface area contributed by atoms with Gasteiger partial charge in [-0.05, 0) is 63.1 Å². The van der Waals surface area contributed by atoms with Crippen molar-refractivity contribution in [2.45, 2.75) is 57.2 Å². The summed E-state index contributed by atoms with van der Waals surface area (Å²) in [5, 5.41) is 11.0. The van der Waals surface area contributed by atoms with E-state index in [0.29, 0.717) is 38.1 Å². The zero-order valence-electron chi connectivity index (χ0n) is 21.3. The monoisotopic (exact) mass is 477 g/mol. The van der Waals surface area contributed by atoms with Crippen molar-refractivity contribution >= 4 is 17.3 Å². The lowest BCUT2D eigenvalue weighted by Crippen LogP contribution is -2.55. The number of likely N-dealkylation sites (N-methyl/N-ethyl adjacent to an activating group) is 1. The molecule has 1 amide bonds. The van der Waals surface area contributed by atoms with E-state index in [1.807, 2.05) is 29.2 Å². The highest BCUT2D eigenvalue weighted by atomic mass is 16.5. The third kappa shape index (κ3) is 4.84. The van der Waals surface area contributed by atoms with E-state index in [-0.39, 0.29) is 11.8 Å². The summed E-state index contributed by atoms with van der Waals surface area (Å²) in [5.41, 5.74) is 3.56. The number of carbonyl (C=O) groups is 1. The molecule has 3 aliphatic rings. The Hall–Kier alpha value is -2.41. The first-order valence-electron chi connectivity index (χ1n) is 13.1. The molecule has 0 radical (unpaired) electrons. The third-order valence-electron chi connectivity index (χ3n) is 8.51. The minimum absolute atomic E-state index is 0.00202. The van der Waals surface area contributed by atoms with Crippen LogP contribution in [-0.2, 0) is 21.6 Å². The number of hydrogen-bond acceptors (Lipinski definition) is 5. The molecule has 0 saturated carbocycles. The largest absolute Gasteiger partial charge is 0.385 e. The molecule has 188 valence electrons. The fourth-order valence-corrected chi connectivity index (χ4v) is 5.99. The van der Waals surface area contributed by atoms with Crippen molar-refractivity contribution in [1.82, 2.24) is 4.90 Å². The fourth-order valence-electron chi connectivity index (χ4n) is 5.99. The highest BCUT2D eigenvalue weighted by molar-refractivity contribution is 5.97. The number of benzene rings is 2. The molecule has 0 spiro atoms. The smallest absolute Gasteiger partial charge is 0.230 e. The van der Waals surface area contributed by atoms with Crippen LogP contribution in [0.4, 0.5) is 11.4 Å². The third-order valence-corrected chi connectivity index (χ3v) is 8.51. The normalized spacial score (nSPS) is 27.4. The lowest BCUT2D eigenvalue weighted by molar-refractivity contribution is -0.120. The summed E-state index contributed by atoms with van der Waals surface area (Å²) >= 11 is 0. The molecule has 1 unspecified atom stereocenters. The number of ether oxygens (including phenoxy) is 1. The topological polar surface area (TPSA) is 56.2 Å². The number of para-hydroxylation sites is 1. The Kier molecular flexibility index (Phi) is 6.88. The van der Waals surface area contributed by atoms with E-state index in [2.05, 4.69) is 55.0 Å². The van der Waals surface area contributed by atoms with Crippen LogP contribution in [0.1, 0.15) is 44.2 Å². The maximum atomic E-state index is 13.4. The molecule has 3 saturated heterocycles. The van der Waals surface area contributed by atoms with E-state index in [1.54, 1.807) is 0 Å². The van der Waals surface area contributed by atoms with Crippen LogP contribution in [0.3, 0.4) is 0 Å². The van der Waals surface area contributed by atoms with Crippen molar-refractivity contribution in [3.8, 4) is 0 Å². The first-order chi connectivity index (χ1) is 16.9. The van der Waals surface area contributed by atoms with Gasteiger partial charge < -0.3 is 19.6 Å². The summed E-state index contributed by atoms with van der Waals surface area (Å²) in [6.45, 7) is 8.49. The number of carbonyl (C=O) groups excluding carboxylic acids is 1. The van der Waals surface area contributed by atoms with Gasteiger partial charge in [-0.15, -0.1) is 0 Å². The Morgan fingerprint density at radius 3 is 2.34 bits per heavy atom. The molecule has 0 aliphatic carbocycles. The Balaban J connectivity index is 1.28. The zero-order chi connectivity index (χ0) is 24.6. The molecule has 3 aliphatic heterocycles. The summed E-state index contributed by atoms with van der Waals surface area (Å²) in [6, 6.07) is 17.6. The van der Waals surface area contributed by atoms with Gasteiger partial charge in [0.2, 0.25) is 5.91 Å². The van der Waals surface area contributed by atoms with E-state index in [9.17, 15) is 9.90 Å². The van der Waals surface area contributed by atoms with Crippen LogP contribution >= 0.6 is 0 Å². The first kappa shape index (κ1) is 24.3. The number of amides is 1. The molecule has 0 aromatic heterocycles. The van der Waals surface area contributed by atoms with Gasteiger partial charge in [-0.2, -0.15) is 0 Å². The van der Waals surface area contributed by atoms with Gasteiger partial charge in [0.25, 0.3) is 0 Å². The van der Waals surface area contributed by atoms with E-state index >= 15 is 0 Å². The van der Waals surface area contributed by atoms with Gasteiger partial charge in [0.1, 0.15) is 0 Å². The van der Waals surface area contributed by atoms with Gasteiger partial charge in [0.05, 0.1) is 5.60 Å². The maximum Gasteiger partial charge on any atom is 0.230 e. The molecule has 3 heterocycles. The Bertz CT molecular complexity index is 1020. The summed E-state index contributed by atoms with van der Waals surface area (Å²) in [7, 11) is 2.21. The lowest BCUT2D eigenvalue weighted by Gasteiger charge is -2.44. The second-order valence-corrected chi connectivity index (χ2v) is 10.8. The van der Waals surface area contributed by atoms with E-state index in [4.69, 9.17) is 4.74 Å². The van der Waals surface area contributed by atoms with Crippen LogP contribution in [0, 0.1) is 5.92 Å². The average Bonchev–Trinajstić information content (AvgIpc) is 3.23. The molecule has 0 bridgehead atoms. The molecule has 3 fully saturated rings. The minimum Gasteiger partial charge on any atom is -0.385 e. The molecule has 1 N–H and O–H groups in total. The van der Waals surface area contributed by atoms with Gasteiger partial charge in [0, 0.05) is 75.1 Å². The molecular formula is C29H39N3O3. The van der Waals surface area contributed by atoms with Crippen LogP contribution < -0.4 is 9.80 Å². The predicted octanol–water partition coefficient (Wildman–Crippen LogP) is 3.81. The average molecular weight is 478 g/mol. The Morgan fingerprint density at radius 1 is 1.00 bits per heavy atom. The number of rotatable bonds is 5. The molecule has 2 aromatic rings. The first-order valence-corrected chi connectivity index (χ1v) is 13.1. The molecular weight excluding hydrogens is 438 g/mol. The zero-order valence-corrected chi connectivity index (χ0v) is 21.3. The van der Waals surface area contributed by atoms with Crippen molar-refractivity contribution in [2.24, 2.45) is 5.92 Å². The SMILES string of the molecule is C[C@@H]1CN(c2ccccc2CC2CCN(c3ccc(C4(O)CCOCC4)cc3)C2=O)C[C@H](C)N1C. The molecule has 35 heavy (non-hydrogen) atoms. The van der Waals surface area contributed by atoms with Crippen molar-refractivity contribution in [3.05, 3.63) is 59.7 Å². The summed E-state index contributed by atoms with van der Waals surface area (Å²) < 4.78 is 5.41. The number of aliphatic hydroxyl groups is 1. The van der Waals surface area contributed by atoms with Gasteiger partial charge in [-0.1, -0.05) is 30.3 Å². The predicted molar refractivity (Wildman–Crippen MR) is 140 cm³/mol. The van der Waals surface area contributed by atoms with Crippen LogP contribution in [0.2, 0.25) is 0 Å². The van der Waals surface area contributed by atoms with Gasteiger partial charge in [-0.3, -0.25) is 9.69 Å². The highest BCUT2D eigenvalue weighted by Gasteiger charge is 2.35. The van der Waals surface area contributed by atoms with E-state index in [1.165, 1.54) is 11.3 Å². The highest BCUT2D eigenvalue weighted by Crippen LogP contribution is 2.35.